The van der Waals surface area contributed by atoms with Crippen LogP contribution in [0.25, 0.3) is 0 Å². The Morgan fingerprint density at radius 1 is 1.28 bits per heavy atom. The van der Waals surface area contributed by atoms with E-state index in [1.165, 1.54) is 0 Å². The average Bonchev–Trinajstić information content (AvgIpc) is 2.86. The van der Waals surface area contributed by atoms with Crippen LogP contribution in [0.5, 0.6) is 5.75 Å². The van der Waals surface area contributed by atoms with Crippen LogP contribution in [-0.2, 0) is 15.9 Å². The van der Waals surface area contributed by atoms with E-state index in [4.69, 9.17) is 25.8 Å². The number of aliphatic hydroxyl groups is 1. The van der Waals surface area contributed by atoms with Gasteiger partial charge in [-0.15, -0.1) is 0 Å². The van der Waals surface area contributed by atoms with Gasteiger partial charge in [-0.05, 0) is 17.7 Å². The van der Waals surface area contributed by atoms with E-state index in [1.807, 2.05) is 6.07 Å². The van der Waals surface area contributed by atoms with Crippen molar-refractivity contribution in [2.45, 2.75) is 18.6 Å². The van der Waals surface area contributed by atoms with Crippen molar-refractivity contribution >= 4 is 11.6 Å². The van der Waals surface area contributed by atoms with Crippen LogP contribution >= 0.6 is 11.6 Å². The number of benzene rings is 1. The minimum absolute atomic E-state index is 0.356. The summed E-state index contributed by atoms with van der Waals surface area (Å²) >= 11 is 6.07. The van der Waals surface area contributed by atoms with Crippen molar-refractivity contribution in [3.8, 4) is 5.75 Å². The Bertz CT molecular complexity index is 443. The molecule has 98 valence electrons. The van der Waals surface area contributed by atoms with Crippen LogP contribution < -0.4 is 4.74 Å². The molecule has 0 aliphatic carbocycles. The molecule has 2 atom stereocenters. The minimum Gasteiger partial charge on any atom is -0.493 e. The fraction of sp³-hybridized carbons (Fsp3) is 0.538. The first-order valence-corrected chi connectivity index (χ1v) is 6.46. The molecule has 1 aromatic carbocycles. The van der Waals surface area contributed by atoms with Crippen molar-refractivity contribution in [2.24, 2.45) is 0 Å². The molecular formula is C13H15ClO4. The van der Waals surface area contributed by atoms with Crippen molar-refractivity contribution in [1.29, 1.82) is 0 Å². The lowest BCUT2D eigenvalue weighted by molar-refractivity contribution is -0.133. The summed E-state index contributed by atoms with van der Waals surface area (Å²) in [5.74, 6) is 0.751. The third kappa shape index (κ3) is 2.21. The molecule has 0 aromatic heterocycles. The van der Waals surface area contributed by atoms with Gasteiger partial charge in [-0.1, -0.05) is 11.6 Å². The highest BCUT2D eigenvalue weighted by molar-refractivity contribution is 6.30. The van der Waals surface area contributed by atoms with Crippen molar-refractivity contribution in [3.63, 3.8) is 0 Å². The molecule has 2 heterocycles. The SMILES string of the molecule is OC(c1cc(Cl)cc2c1OCC2)C1COCCO1. The Morgan fingerprint density at radius 3 is 2.94 bits per heavy atom. The molecule has 0 saturated carbocycles. The second-order valence-corrected chi connectivity index (χ2v) is 4.95. The van der Waals surface area contributed by atoms with Crippen LogP contribution in [0.1, 0.15) is 17.2 Å². The standard InChI is InChI=1S/C13H15ClO4/c14-9-5-8-1-2-18-13(8)10(6-9)12(15)11-7-16-3-4-17-11/h5-6,11-12,15H,1-4,7H2. The molecule has 1 aromatic rings. The maximum Gasteiger partial charge on any atom is 0.128 e. The van der Waals surface area contributed by atoms with Crippen molar-refractivity contribution in [1.82, 2.24) is 0 Å². The molecular weight excluding hydrogens is 256 g/mol. The number of aliphatic hydroxyl groups excluding tert-OH is 1. The highest BCUT2D eigenvalue weighted by Gasteiger charge is 2.30. The summed E-state index contributed by atoms with van der Waals surface area (Å²) in [5, 5.41) is 11.0. The number of hydrogen-bond acceptors (Lipinski definition) is 4. The molecule has 18 heavy (non-hydrogen) atoms. The first-order valence-electron chi connectivity index (χ1n) is 6.08. The summed E-state index contributed by atoms with van der Waals surface area (Å²) in [4.78, 5) is 0. The first-order chi connectivity index (χ1) is 8.75. The van der Waals surface area contributed by atoms with Crippen molar-refractivity contribution in [3.05, 3.63) is 28.3 Å². The smallest absolute Gasteiger partial charge is 0.128 e. The molecule has 1 saturated heterocycles. The van der Waals surface area contributed by atoms with E-state index in [0.717, 1.165) is 17.7 Å². The predicted octanol–water partition coefficient (Wildman–Crippen LogP) is 1.72. The van der Waals surface area contributed by atoms with Gasteiger partial charge in [0.25, 0.3) is 0 Å². The van der Waals surface area contributed by atoms with Gasteiger partial charge in [0.05, 0.1) is 26.4 Å². The Hall–Kier alpha value is -0.810. The van der Waals surface area contributed by atoms with Crippen LogP contribution in [0.2, 0.25) is 5.02 Å². The Kier molecular flexibility index (Phi) is 3.43. The first kappa shape index (κ1) is 12.2. The van der Waals surface area contributed by atoms with Crippen LogP contribution in [0.4, 0.5) is 0 Å². The quantitative estimate of drug-likeness (QED) is 0.889. The number of ether oxygens (including phenoxy) is 3. The van der Waals surface area contributed by atoms with Gasteiger partial charge in [0.15, 0.2) is 0 Å². The normalized spacial score (nSPS) is 24.4. The monoisotopic (exact) mass is 270 g/mol. The van der Waals surface area contributed by atoms with Crippen LogP contribution in [-0.4, -0.2) is 37.6 Å². The van der Waals surface area contributed by atoms with E-state index >= 15 is 0 Å². The summed E-state index contributed by atoms with van der Waals surface area (Å²) in [6.07, 6.45) is -0.293. The maximum absolute atomic E-state index is 10.4. The Morgan fingerprint density at radius 2 is 2.17 bits per heavy atom. The lowest BCUT2D eigenvalue weighted by atomic mass is 10.00. The molecule has 0 amide bonds. The van der Waals surface area contributed by atoms with Crippen LogP contribution in [0.3, 0.4) is 0 Å². The van der Waals surface area contributed by atoms with Crippen molar-refractivity contribution in [2.75, 3.05) is 26.4 Å². The number of rotatable bonds is 2. The van der Waals surface area contributed by atoms with Gasteiger partial charge in [0.1, 0.15) is 18.0 Å². The highest BCUT2D eigenvalue weighted by atomic mass is 35.5. The summed E-state index contributed by atoms with van der Waals surface area (Å²) in [6, 6.07) is 3.63. The van der Waals surface area contributed by atoms with Crippen molar-refractivity contribution < 1.29 is 19.3 Å². The topological polar surface area (TPSA) is 47.9 Å². The molecule has 5 heteroatoms. The fourth-order valence-electron chi connectivity index (χ4n) is 2.41. The molecule has 2 aliphatic heterocycles. The Balaban J connectivity index is 1.91. The lowest BCUT2D eigenvalue weighted by Crippen LogP contribution is -2.34. The lowest BCUT2D eigenvalue weighted by Gasteiger charge is -2.28. The summed E-state index contributed by atoms with van der Waals surface area (Å²) in [5.41, 5.74) is 1.75. The average molecular weight is 271 g/mol. The molecule has 1 fully saturated rings. The fourth-order valence-corrected chi connectivity index (χ4v) is 2.66. The largest absolute Gasteiger partial charge is 0.493 e. The molecule has 0 bridgehead atoms. The summed E-state index contributed by atoms with van der Waals surface area (Å²) < 4.78 is 16.4. The van der Waals surface area contributed by atoms with E-state index in [1.54, 1.807) is 6.07 Å². The van der Waals surface area contributed by atoms with Gasteiger partial charge in [-0.3, -0.25) is 0 Å². The second-order valence-electron chi connectivity index (χ2n) is 4.51. The van der Waals surface area contributed by atoms with E-state index in [-0.39, 0.29) is 6.10 Å². The van der Waals surface area contributed by atoms with E-state index in [2.05, 4.69) is 0 Å². The van der Waals surface area contributed by atoms with E-state index < -0.39 is 6.10 Å². The zero-order valence-corrected chi connectivity index (χ0v) is 10.7. The molecule has 0 radical (unpaired) electrons. The summed E-state index contributed by atoms with van der Waals surface area (Å²) in [7, 11) is 0. The molecule has 2 aliphatic rings. The number of halogens is 1. The van der Waals surface area contributed by atoms with Gasteiger partial charge < -0.3 is 19.3 Å². The third-order valence-electron chi connectivity index (χ3n) is 3.29. The van der Waals surface area contributed by atoms with Gasteiger partial charge in [-0.25, -0.2) is 0 Å². The third-order valence-corrected chi connectivity index (χ3v) is 3.51. The summed E-state index contributed by atoms with van der Waals surface area (Å²) in [6.45, 7) is 2.11. The predicted molar refractivity (Wildman–Crippen MR) is 66.2 cm³/mol. The highest BCUT2D eigenvalue weighted by Crippen LogP contribution is 2.38. The number of hydrogen-bond donors (Lipinski definition) is 1. The van der Waals surface area contributed by atoms with Crippen LogP contribution in [0.15, 0.2) is 12.1 Å². The van der Waals surface area contributed by atoms with E-state index in [9.17, 15) is 5.11 Å². The van der Waals surface area contributed by atoms with Gasteiger partial charge in [0, 0.05) is 17.0 Å². The maximum atomic E-state index is 10.4. The second kappa shape index (κ2) is 5.05. The van der Waals surface area contributed by atoms with Gasteiger partial charge in [0.2, 0.25) is 0 Å². The molecule has 1 N–H and O–H groups in total. The number of fused-ring (bicyclic) bond motifs is 1. The molecule has 3 rings (SSSR count). The zero-order chi connectivity index (χ0) is 12.5. The molecule has 4 nitrogen and oxygen atoms in total. The van der Waals surface area contributed by atoms with Crippen LogP contribution in [0, 0.1) is 0 Å². The zero-order valence-electron chi connectivity index (χ0n) is 9.89. The minimum atomic E-state index is -0.768. The Labute approximate surface area is 110 Å². The molecule has 0 spiro atoms. The van der Waals surface area contributed by atoms with Gasteiger partial charge >= 0.3 is 0 Å². The van der Waals surface area contributed by atoms with E-state index in [0.29, 0.717) is 37.0 Å². The van der Waals surface area contributed by atoms with Gasteiger partial charge in [-0.2, -0.15) is 0 Å². The molecule has 2 unspecified atom stereocenters.